The molecule has 0 aromatic carbocycles. The van der Waals surface area contributed by atoms with Crippen LogP contribution in [0.1, 0.15) is 31.5 Å². The zero-order chi connectivity index (χ0) is 10.7. The topological polar surface area (TPSA) is 49.2 Å². The number of hydrogen-bond acceptors (Lipinski definition) is 4. The first-order valence-electron chi connectivity index (χ1n) is 5.45. The molecule has 0 saturated carbocycles. The first-order chi connectivity index (χ1) is 7.27. The predicted octanol–water partition coefficient (Wildman–Crippen LogP) is 0.994. The number of aliphatic hydroxyl groups is 1. The molecule has 1 fully saturated rings. The highest BCUT2D eigenvalue weighted by Gasteiger charge is 2.23. The predicted molar refractivity (Wildman–Crippen MR) is 57.3 cm³/mol. The standard InChI is InChI=1S/C11H17N3O/c1-9(11-7-12-4-5-13-11)14-6-2-3-10(15)8-14/h4-5,7,9-10,15H,2-3,6,8H2,1H3/t9-,10-/m1/s1. The summed E-state index contributed by atoms with van der Waals surface area (Å²) in [6.07, 6.45) is 6.99. The number of piperidine rings is 1. The van der Waals surface area contributed by atoms with Gasteiger partial charge in [0.25, 0.3) is 0 Å². The summed E-state index contributed by atoms with van der Waals surface area (Å²) in [5, 5.41) is 9.60. The second kappa shape index (κ2) is 4.68. The SMILES string of the molecule is C[C@H](c1cnccn1)N1CCC[C@@H](O)C1. The Hall–Kier alpha value is -1.00. The van der Waals surface area contributed by atoms with Crippen molar-refractivity contribution in [2.24, 2.45) is 0 Å². The van der Waals surface area contributed by atoms with Crippen LogP contribution in [0.2, 0.25) is 0 Å². The summed E-state index contributed by atoms with van der Waals surface area (Å²) in [6.45, 7) is 3.90. The van der Waals surface area contributed by atoms with Crippen LogP contribution in [0.4, 0.5) is 0 Å². The van der Waals surface area contributed by atoms with E-state index in [0.29, 0.717) is 0 Å². The highest BCUT2D eigenvalue weighted by Crippen LogP contribution is 2.21. The van der Waals surface area contributed by atoms with Gasteiger partial charge in [-0.05, 0) is 26.3 Å². The van der Waals surface area contributed by atoms with Gasteiger partial charge in [0.15, 0.2) is 0 Å². The van der Waals surface area contributed by atoms with Crippen molar-refractivity contribution in [3.05, 3.63) is 24.3 Å². The average Bonchev–Trinajstić information content (AvgIpc) is 2.29. The maximum atomic E-state index is 9.60. The smallest absolute Gasteiger partial charge is 0.0755 e. The van der Waals surface area contributed by atoms with Gasteiger partial charge in [0, 0.05) is 25.1 Å². The van der Waals surface area contributed by atoms with Gasteiger partial charge in [-0.15, -0.1) is 0 Å². The molecule has 0 radical (unpaired) electrons. The number of hydrogen-bond donors (Lipinski definition) is 1. The number of rotatable bonds is 2. The molecule has 0 aliphatic carbocycles. The largest absolute Gasteiger partial charge is 0.392 e. The molecule has 15 heavy (non-hydrogen) atoms. The fraction of sp³-hybridized carbons (Fsp3) is 0.636. The number of nitrogens with zero attached hydrogens (tertiary/aromatic N) is 3. The van der Waals surface area contributed by atoms with Crippen molar-refractivity contribution in [1.82, 2.24) is 14.9 Å². The van der Waals surface area contributed by atoms with Crippen LogP contribution in [-0.2, 0) is 0 Å². The fourth-order valence-electron chi connectivity index (χ4n) is 2.05. The zero-order valence-corrected chi connectivity index (χ0v) is 9.00. The van der Waals surface area contributed by atoms with E-state index in [1.54, 1.807) is 18.6 Å². The van der Waals surface area contributed by atoms with E-state index in [9.17, 15) is 5.11 Å². The summed E-state index contributed by atoms with van der Waals surface area (Å²) in [7, 11) is 0. The van der Waals surface area contributed by atoms with E-state index >= 15 is 0 Å². The fourth-order valence-corrected chi connectivity index (χ4v) is 2.05. The molecule has 82 valence electrons. The summed E-state index contributed by atoms with van der Waals surface area (Å²) in [4.78, 5) is 10.6. The lowest BCUT2D eigenvalue weighted by molar-refractivity contribution is 0.0493. The van der Waals surface area contributed by atoms with Crippen LogP contribution in [0.5, 0.6) is 0 Å². The second-order valence-electron chi connectivity index (χ2n) is 4.10. The molecule has 1 aromatic rings. The summed E-state index contributed by atoms with van der Waals surface area (Å²) in [6, 6.07) is 0.244. The van der Waals surface area contributed by atoms with Crippen LogP contribution in [0.3, 0.4) is 0 Å². The van der Waals surface area contributed by atoms with Crippen LogP contribution in [-0.4, -0.2) is 39.2 Å². The van der Waals surface area contributed by atoms with E-state index in [-0.39, 0.29) is 12.1 Å². The van der Waals surface area contributed by atoms with Crippen LogP contribution in [0.15, 0.2) is 18.6 Å². The quantitative estimate of drug-likeness (QED) is 0.786. The normalized spacial score (nSPS) is 25.1. The molecule has 0 bridgehead atoms. The molecule has 0 amide bonds. The van der Waals surface area contributed by atoms with Crippen LogP contribution in [0.25, 0.3) is 0 Å². The van der Waals surface area contributed by atoms with E-state index in [0.717, 1.165) is 31.6 Å². The van der Waals surface area contributed by atoms with Crippen molar-refractivity contribution in [2.45, 2.75) is 31.9 Å². The van der Waals surface area contributed by atoms with Gasteiger partial charge in [0.1, 0.15) is 0 Å². The monoisotopic (exact) mass is 207 g/mol. The number of aromatic nitrogens is 2. The highest BCUT2D eigenvalue weighted by atomic mass is 16.3. The van der Waals surface area contributed by atoms with Crippen molar-refractivity contribution in [2.75, 3.05) is 13.1 Å². The molecule has 1 N–H and O–H groups in total. The van der Waals surface area contributed by atoms with Gasteiger partial charge in [0.2, 0.25) is 0 Å². The first-order valence-corrected chi connectivity index (χ1v) is 5.45. The van der Waals surface area contributed by atoms with Gasteiger partial charge >= 0.3 is 0 Å². The number of aliphatic hydroxyl groups excluding tert-OH is 1. The summed E-state index contributed by atoms with van der Waals surface area (Å²) >= 11 is 0. The van der Waals surface area contributed by atoms with Gasteiger partial charge in [-0.3, -0.25) is 14.9 Å². The molecule has 1 aliphatic rings. The summed E-state index contributed by atoms with van der Waals surface area (Å²) < 4.78 is 0. The molecule has 1 aromatic heterocycles. The Morgan fingerprint density at radius 2 is 2.40 bits per heavy atom. The van der Waals surface area contributed by atoms with Crippen molar-refractivity contribution >= 4 is 0 Å². The third kappa shape index (κ3) is 2.52. The van der Waals surface area contributed by atoms with Crippen molar-refractivity contribution < 1.29 is 5.11 Å². The molecular formula is C11H17N3O. The Morgan fingerprint density at radius 3 is 3.07 bits per heavy atom. The molecule has 4 nitrogen and oxygen atoms in total. The molecule has 2 atom stereocenters. The zero-order valence-electron chi connectivity index (χ0n) is 9.00. The minimum absolute atomic E-state index is 0.183. The van der Waals surface area contributed by atoms with Gasteiger partial charge in [-0.25, -0.2) is 0 Å². The molecule has 1 aliphatic heterocycles. The molecule has 2 rings (SSSR count). The Labute approximate surface area is 90.0 Å². The Balaban J connectivity index is 2.04. The van der Waals surface area contributed by atoms with E-state index in [2.05, 4.69) is 21.8 Å². The first kappa shape index (κ1) is 10.5. The lowest BCUT2D eigenvalue weighted by Crippen LogP contribution is -2.39. The van der Waals surface area contributed by atoms with Gasteiger partial charge in [-0.1, -0.05) is 0 Å². The van der Waals surface area contributed by atoms with Crippen LogP contribution in [0, 0.1) is 0 Å². The second-order valence-corrected chi connectivity index (χ2v) is 4.10. The van der Waals surface area contributed by atoms with Crippen molar-refractivity contribution in [1.29, 1.82) is 0 Å². The molecule has 4 heteroatoms. The Kier molecular flexibility index (Phi) is 3.28. The molecule has 0 spiro atoms. The van der Waals surface area contributed by atoms with E-state index in [1.807, 2.05) is 0 Å². The third-order valence-electron chi connectivity index (χ3n) is 2.99. The van der Waals surface area contributed by atoms with Crippen LogP contribution < -0.4 is 0 Å². The van der Waals surface area contributed by atoms with Gasteiger partial charge in [0.05, 0.1) is 17.8 Å². The minimum atomic E-state index is -0.183. The maximum absolute atomic E-state index is 9.60. The Morgan fingerprint density at radius 1 is 1.53 bits per heavy atom. The lowest BCUT2D eigenvalue weighted by atomic mass is 10.1. The van der Waals surface area contributed by atoms with Crippen molar-refractivity contribution in [3.63, 3.8) is 0 Å². The Bertz CT molecular complexity index is 304. The summed E-state index contributed by atoms with van der Waals surface area (Å²) in [5.41, 5.74) is 0.978. The van der Waals surface area contributed by atoms with Crippen LogP contribution >= 0.6 is 0 Å². The minimum Gasteiger partial charge on any atom is -0.392 e. The molecule has 1 saturated heterocycles. The maximum Gasteiger partial charge on any atom is 0.0755 e. The van der Waals surface area contributed by atoms with Crippen molar-refractivity contribution in [3.8, 4) is 0 Å². The van der Waals surface area contributed by atoms with Gasteiger partial charge < -0.3 is 5.11 Å². The number of β-amino-alcohol motifs (C(OH)–C–C–N with tert-alkyl or cyclic N) is 1. The lowest BCUT2D eigenvalue weighted by Gasteiger charge is -2.34. The van der Waals surface area contributed by atoms with E-state index in [4.69, 9.17) is 0 Å². The van der Waals surface area contributed by atoms with Gasteiger partial charge in [-0.2, -0.15) is 0 Å². The number of likely N-dealkylation sites (tertiary alicyclic amines) is 1. The van der Waals surface area contributed by atoms with E-state index in [1.165, 1.54) is 0 Å². The molecule has 2 heterocycles. The third-order valence-corrected chi connectivity index (χ3v) is 2.99. The average molecular weight is 207 g/mol. The highest BCUT2D eigenvalue weighted by molar-refractivity contribution is 5.01. The summed E-state index contributed by atoms with van der Waals surface area (Å²) in [5.74, 6) is 0. The molecule has 0 unspecified atom stereocenters. The van der Waals surface area contributed by atoms with E-state index < -0.39 is 0 Å². The molecular weight excluding hydrogens is 190 g/mol.